The lowest BCUT2D eigenvalue weighted by Gasteiger charge is -2.15. The van der Waals surface area contributed by atoms with Gasteiger partial charge < -0.3 is 9.84 Å². The number of aromatic nitrogens is 3. The average molecular weight is 598 g/mol. The number of sulfonamides is 1. The summed E-state index contributed by atoms with van der Waals surface area (Å²) in [7, 11) is -4.33. The molecule has 1 unspecified atom stereocenters. The Kier molecular flexibility index (Phi) is 8.43. The van der Waals surface area contributed by atoms with E-state index in [0.29, 0.717) is 21.8 Å². The molecule has 0 amide bonds. The lowest BCUT2D eigenvalue weighted by Crippen LogP contribution is -2.33. The van der Waals surface area contributed by atoms with Gasteiger partial charge in [-0.2, -0.15) is 4.37 Å². The van der Waals surface area contributed by atoms with E-state index in [1.165, 1.54) is 6.92 Å². The van der Waals surface area contributed by atoms with Crippen LogP contribution in [0.4, 0.5) is 9.52 Å². The lowest BCUT2D eigenvalue weighted by molar-refractivity contribution is -0.139. The first-order valence-corrected chi connectivity index (χ1v) is 13.7. The molecule has 0 bridgehead atoms. The van der Waals surface area contributed by atoms with Gasteiger partial charge in [-0.25, -0.2) is 17.8 Å². The van der Waals surface area contributed by atoms with Gasteiger partial charge in [-0.1, -0.05) is 23.2 Å². The second-order valence-electron chi connectivity index (χ2n) is 7.78. The van der Waals surface area contributed by atoms with Gasteiger partial charge in [0.25, 0.3) is 10.0 Å². The van der Waals surface area contributed by atoms with Crippen molar-refractivity contribution >= 4 is 55.9 Å². The fourth-order valence-corrected chi connectivity index (χ4v) is 5.39. The van der Waals surface area contributed by atoms with E-state index in [-0.39, 0.29) is 28.2 Å². The number of rotatable bonds is 10. The minimum Gasteiger partial charge on any atom is -0.480 e. The Morgan fingerprint density at radius 2 is 1.95 bits per heavy atom. The molecule has 2 aromatic heterocycles. The highest BCUT2D eigenvalue weighted by molar-refractivity contribution is 7.93. The van der Waals surface area contributed by atoms with E-state index in [4.69, 9.17) is 33.0 Å². The summed E-state index contributed by atoms with van der Waals surface area (Å²) < 4.78 is 51.9. The summed E-state index contributed by atoms with van der Waals surface area (Å²) in [5.74, 6) is -1.97. The maximum Gasteiger partial charge on any atom is 0.320 e. The largest absolute Gasteiger partial charge is 0.480 e. The van der Waals surface area contributed by atoms with Crippen molar-refractivity contribution in [1.82, 2.24) is 19.7 Å². The quantitative estimate of drug-likeness (QED) is 0.224. The maximum absolute atomic E-state index is 14.9. The molecule has 3 N–H and O–H groups in total. The zero-order chi connectivity index (χ0) is 27.4. The van der Waals surface area contributed by atoms with Crippen molar-refractivity contribution in [3.05, 3.63) is 76.5 Å². The molecule has 0 radical (unpaired) electrons. The molecule has 0 saturated heterocycles. The highest BCUT2D eigenvalue weighted by atomic mass is 35.5. The molecule has 0 aliphatic rings. The minimum absolute atomic E-state index is 0.0315. The summed E-state index contributed by atoms with van der Waals surface area (Å²) >= 11 is 13.3. The Bertz CT molecular complexity index is 1590. The van der Waals surface area contributed by atoms with Gasteiger partial charge in [-0.3, -0.25) is 19.8 Å². The van der Waals surface area contributed by atoms with Crippen LogP contribution in [0.2, 0.25) is 10.0 Å². The Hall–Kier alpha value is -3.36. The standard InChI is InChI=1S/C23H18Cl2FN5O5S2/c1-12(22(32)33)28-10-15-6-13(4-5-27-15)16-7-14(24)2-3-19(16)36-20-9-18(26)21(8-17(20)25)38(34,35)31-23-29-11-30-37-23/h2-9,11-12,28H,10H2,1H3,(H,32,33)(H,29,30,31). The number of nitrogens with one attached hydrogen (secondary N) is 2. The number of ether oxygens (including phenoxy) is 1. The molecule has 4 aromatic rings. The normalized spacial score (nSPS) is 12.2. The van der Waals surface area contributed by atoms with Crippen LogP contribution in [0.15, 0.2) is 59.9 Å². The van der Waals surface area contributed by atoms with Crippen molar-refractivity contribution in [2.24, 2.45) is 0 Å². The van der Waals surface area contributed by atoms with Crippen LogP contribution >= 0.6 is 34.7 Å². The number of hydrogen-bond acceptors (Lipinski definition) is 9. The van der Waals surface area contributed by atoms with Crippen LogP contribution < -0.4 is 14.8 Å². The van der Waals surface area contributed by atoms with E-state index in [1.54, 1.807) is 36.5 Å². The summed E-state index contributed by atoms with van der Waals surface area (Å²) in [4.78, 5) is 18.3. The van der Waals surface area contributed by atoms with Crippen molar-refractivity contribution in [3.8, 4) is 22.6 Å². The third-order valence-corrected chi connectivity index (χ3v) is 7.70. The SMILES string of the molecule is CC(NCc1cc(-c2cc(Cl)ccc2Oc2cc(F)c(S(=O)(=O)Nc3ncns3)cc2Cl)ccn1)C(=O)O. The molecule has 1 atom stereocenters. The highest BCUT2D eigenvalue weighted by Crippen LogP contribution is 2.39. The van der Waals surface area contributed by atoms with Gasteiger partial charge in [0.15, 0.2) is 0 Å². The van der Waals surface area contributed by atoms with Crippen molar-refractivity contribution in [3.63, 3.8) is 0 Å². The molecule has 2 aromatic carbocycles. The van der Waals surface area contributed by atoms with E-state index in [9.17, 15) is 17.6 Å². The predicted octanol–water partition coefficient (Wildman–Crippen LogP) is 5.20. The lowest BCUT2D eigenvalue weighted by atomic mass is 10.0. The Morgan fingerprint density at radius 1 is 1.16 bits per heavy atom. The molecule has 4 rings (SSSR count). The van der Waals surface area contributed by atoms with Gasteiger partial charge in [-0.15, -0.1) is 0 Å². The number of carboxylic acid groups (broad SMARTS) is 1. The van der Waals surface area contributed by atoms with Crippen molar-refractivity contribution in [1.29, 1.82) is 0 Å². The van der Waals surface area contributed by atoms with Crippen LogP contribution in [-0.2, 0) is 21.4 Å². The van der Waals surface area contributed by atoms with Crippen LogP contribution in [0.3, 0.4) is 0 Å². The van der Waals surface area contributed by atoms with Gasteiger partial charge in [0.1, 0.15) is 34.6 Å². The molecule has 0 spiro atoms. The molecule has 38 heavy (non-hydrogen) atoms. The van der Waals surface area contributed by atoms with E-state index in [0.717, 1.165) is 30.0 Å². The third-order valence-electron chi connectivity index (χ3n) is 5.11. The summed E-state index contributed by atoms with van der Waals surface area (Å²) in [6.45, 7) is 1.71. The summed E-state index contributed by atoms with van der Waals surface area (Å²) in [5, 5.41) is 12.1. The van der Waals surface area contributed by atoms with Crippen LogP contribution in [0.5, 0.6) is 11.5 Å². The molecule has 198 valence electrons. The monoisotopic (exact) mass is 597 g/mol. The van der Waals surface area contributed by atoms with Gasteiger partial charge in [0.05, 0.1) is 10.7 Å². The van der Waals surface area contributed by atoms with Crippen LogP contribution in [0, 0.1) is 5.82 Å². The van der Waals surface area contributed by atoms with Gasteiger partial charge in [0, 0.05) is 40.9 Å². The van der Waals surface area contributed by atoms with E-state index in [1.807, 2.05) is 0 Å². The summed E-state index contributed by atoms with van der Waals surface area (Å²) in [5.41, 5.74) is 1.70. The maximum atomic E-state index is 14.9. The Morgan fingerprint density at radius 3 is 2.66 bits per heavy atom. The van der Waals surface area contributed by atoms with Crippen molar-refractivity contribution in [2.75, 3.05) is 4.72 Å². The number of hydrogen-bond donors (Lipinski definition) is 3. The number of carbonyl (C=O) groups is 1. The zero-order valence-electron chi connectivity index (χ0n) is 19.4. The van der Waals surface area contributed by atoms with E-state index >= 15 is 0 Å². The molecule has 0 fully saturated rings. The molecular weight excluding hydrogens is 580 g/mol. The number of aliphatic carboxylic acids is 1. The summed E-state index contributed by atoms with van der Waals surface area (Å²) in [6.07, 6.45) is 2.70. The zero-order valence-corrected chi connectivity index (χ0v) is 22.5. The predicted molar refractivity (Wildman–Crippen MR) is 141 cm³/mol. The molecular formula is C23H18Cl2FN5O5S2. The fraction of sp³-hybridized carbons (Fsp3) is 0.130. The molecule has 0 aliphatic carbocycles. The number of carboxylic acids is 1. The minimum atomic E-state index is -4.33. The van der Waals surface area contributed by atoms with Crippen LogP contribution in [0.1, 0.15) is 12.6 Å². The first-order chi connectivity index (χ1) is 18.0. The van der Waals surface area contributed by atoms with Crippen molar-refractivity contribution in [2.45, 2.75) is 24.4 Å². The smallest absolute Gasteiger partial charge is 0.320 e. The Balaban J connectivity index is 1.63. The number of halogens is 3. The van der Waals surface area contributed by atoms with Gasteiger partial charge >= 0.3 is 5.97 Å². The molecule has 15 heteroatoms. The van der Waals surface area contributed by atoms with Crippen LogP contribution in [-0.4, -0.2) is 39.9 Å². The number of nitrogens with zero attached hydrogens (tertiary/aromatic N) is 3. The fourth-order valence-electron chi connectivity index (χ4n) is 3.21. The molecule has 0 saturated carbocycles. The number of benzene rings is 2. The topological polar surface area (TPSA) is 143 Å². The van der Waals surface area contributed by atoms with Gasteiger partial charge in [0.2, 0.25) is 5.13 Å². The molecule has 0 aliphatic heterocycles. The van der Waals surface area contributed by atoms with Gasteiger partial charge in [-0.05, 0) is 48.9 Å². The first-order valence-electron chi connectivity index (χ1n) is 10.7. The van der Waals surface area contributed by atoms with E-state index in [2.05, 4.69) is 24.4 Å². The average Bonchev–Trinajstić information content (AvgIpc) is 3.37. The molecule has 10 nitrogen and oxygen atoms in total. The second kappa shape index (κ2) is 11.6. The second-order valence-corrected chi connectivity index (χ2v) is 11.1. The third kappa shape index (κ3) is 6.55. The molecule has 2 heterocycles. The van der Waals surface area contributed by atoms with Crippen molar-refractivity contribution < 1.29 is 27.4 Å². The highest BCUT2D eigenvalue weighted by Gasteiger charge is 2.24. The first kappa shape index (κ1) is 27.7. The number of pyridine rings is 1. The summed E-state index contributed by atoms with van der Waals surface area (Å²) in [6, 6.07) is 9.18. The van der Waals surface area contributed by atoms with E-state index < -0.39 is 32.7 Å². The Labute approximate surface area is 230 Å². The number of anilines is 1. The van der Waals surface area contributed by atoms with Crippen LogP contribution in [0.25, 0.3) is 11.1 Å².